The van der Waals surface area contributed by atoms with Gasteiger partial charge in [-0.3, -0.25) is 4.90 Å². The molecule has 5 rings (SSSR count). The number of hydrogen-bond donors (Lipinski definition) is 2. The minimum atomic E-state index is 0.824. The van der Waals surface area contributed by atoms with Gasteiger partial charge in [0.1, 0.15) is 0 Å². The van der Waals surface area contributed by atoms with E-state index in [1.54, 1.807) is 0 Å². The fraction of sp³-hybridized carbons (Fsp3) is 0.238. The summed E-state index contributed by atoms with van der Waals surface area (Å²) in [6.45, 7) is 4.58. The highest BCUT2D eigenvalue weighted by Gasteiger charge is 2.19. The first kappa shape index (κ1) is 14.8. The highest BCUT2D eigenvalue weighted by Crippen LogP contribution is 2.35. The van der Waals surface area contributed by atoms with Gasteiger partial charge in [0.2, 0.25) is 0 Å². The average Bonchev–Trinajstić information content (AvgIpc) is 3.27. The molecule has 2 aromatic carbocycles. The summed E-state index contributed by atoms with van der Waals surface area (Å²) in [6, 6.07) is 17.2. The van der Waals surface area contributed by atoms with Crippen molar-refractivity contribution in [3.05, 3.63) is 60.3 Å². The van der Waals surface area contributed by atoms with Crippen molar-refractivity contribution in [1.29, 1.82) is 0 Å². The SMILES string of the molecule is c1cc(-c2[nH]c3ccccc3c2CN2CCOCC2)c2cc[nH]c2c1. The Bertz CT molecular complexity index is 1020. The predicted octanol–water partition coefficient (Wildman–Crippen LogP) is 4.15. The zero-order chi connectivity index (χ0) is 16.6. The highest BCUT2D eigenvalue weighted by atomic mass is 16.5. The molecule has 0 saturated carbocycles. The van der Waals surface area contributed by atoms with Crippen molar-refractivity contribution >= 4 is 21.8 Å². The van der Waals surface area contributed by atoms with Crippen LogP contribution in [0.25, 0.3) is 33.1 Å². The fourth-order valence-corrected chi connectivity index (χ4v) is 3.88. The van der Waals surface area contributed by atoms with Crippen molar-refractivity contribution in [3.8, 4) is 11.3 Å². The number of aromatic nitrogens is 2. The molecule has 1 aliphatic heterocycles. The monoisotopic (exact) mass is 331 g/mol. The standard InChI is InChI=1S/C21H21N3O/c1-2-6-20-15(4-1)18(14-24-10-12-25-13-11-24)21(23-20)17-5-3-7-19-16(17)8-9-22-19/h1-9,22-23H,10-14H2. The molecule has 1 saturated heterocycles. The minimum absolute atomic E-state index is 0.824. The maximum atomic E-state index is 5.51. The Morgan fingerprint density at radius 2 is 1.72 bits per heavy atom. The Hall–Kier alpha value is -2.56. The Labute approximate surface area is 146 Å². The van der Waals surface area contributed by atoms with Gasteiger partial charge in [0.05, 0.1) is 18.9 Å². The smallest absolute Gasteiger partial charge is 0.0594 e. The van der Waals surface area contributed by atoms with Crippen LogP contribution in [0.3, 0.4) is 0 Å². The molecule has 0 unspecified atom stereocenters. The Morgan fingerprint density at radius 1 is 0.880 bits per heavy atom. The van der Waals surface area contributed by atoms with Crippen LogP contribution in [-0.2, 0) is 11.3 Å². The van der Waals surface area contributed by atoms with Crippen molar-refractivity contribution in [3.63, 3.8) is 0 Å². The van der Waals surface area contributed by atoms with Crippen LogP contribution in [-0.4, -0.2) is 41.2 Å². The van der Waals surface area contributed by atoms with Crippen LogP contribution in [0, 0.1) is 0 Å². The van der Waals surface area contributed by atoms with Gasteiger partial charge < -0.3 is 14.7 Å². The molecule has 3 heterocycles. The molecule has 2 N–H and O–H groups in total. The number of H-pyrrole nitrogens is 2. The second kappa shape index (κ2) is 6.06. The number of nitrogens with one attached hydrogen (secondary N) is 2. The number of benzene rings is 2. The topological polar surface area (TPSA) is 44.0 Å². The lowest BCUT2D eigenvalue weighted by Crippen LogP contribution is -2.35. The van der Waals surface area contributed by atoms with E-state index < -0.39 is 0 Å². The summed E-state index contributed by atoms with van der Waals surface area (Å²) in [4.78, 5) is 9.49. The van der Waals surface area contributed by atoms with Gasteiger partial charge in [0.25, 0.3) is 0 Å². The number of fused-ring (bicyclic) bond motifs is 2. The lowest BCUT2D eigenvalue weighted by molar-refractivity contribution is 0.0344. The van der Waals surface area contributed by atoms with Gasteiger partial charge in [-0.2, -0.15) is 0 Å². The molecule has 2 aromatic heterocycles. The summed E-state index contributed by atoms with van der Waals surface area (Å²) in [7, 11) is 0. The molecule has 0 radical (unpaired) electrons. The van der Waals surface area contributed by atoms with Crippen molar-refractivity contribution < 1.29 is 4.74 Å². The van der Waals surface area contributed by atoms with E-state index >= 15 is 0 Å². The van der Waals surface area contributed by atoms with E-state index in [2.05, 4.69) is 63.4 Å². The number of aromatic amines is 2. The van der Waals surface area contributed by atoms with Gasteiger partial charge in [-0.1, -0.05) is 30.3 Å². The van der Waals surface area contributed by atoms with Gasteiger partial charge in [-0.25, -0.2) is 0 Å². The zero-order valence-corrected chi connectivity index (χ0v) is 14.1. The summed E-state index contributed by atoms with van der Waals surface area (Å²) in [6.07, 6.45) is 2.01. The number of para-hydroxylation sites is 1. The number of rotatable bonds is 3. The Balaban J connectivity index is 1.69. The number of nitrogens with zero attached hydrogens (tertiary/aromatic N) is 1. The van der Waals surface area contributed by atoms with Gasteiger partial charge >= 0.3 is 0 Å². The Morgan fingerprint density at radius 3 is 2.64 bits per heavy atom. The van der Waals surface area contributed by atoms with E-state index in [4.69, 9.17) is 4.74 Å². The van der Waals surface area contributed by atoms with E-state index in [0.717, 1.165) is 32.8 Å². The van der Waals surface area contributed by atoms with Crippen molar-refractivity contribution in [2.75, 3.05) is 26.3 Å². The lowest BCUT2D eigenvalue weighted by atomic mass is 10.0. The molecule has 0 atom stereocenters. The maximum absolute atomic E-state index is 5.51. The molecule has 0 bridgehead atoms. The summed E-state index contributed by atoms with van der Waals surface area (Å²) in [5.74, 6) is 0. The number of morpholine rings is 1. The first-order valence-corrected chi connectivity index (χ1v) is 8.86. The third kappa shape index (κ3) is 2.54. The van der Waals surface area contributed by atoms with E-state index in [9.17, 15) is 0 Å². The quantitative estimate of drug-likeness (QED) is 0.592. The largest absolute Gasteiger partial charge is 0.379 e. The fourth-order valence-electron chi connectivity index (χ4n) is 3.88. The van der Waals surface area contributed by atoms with E-state index in [1.807, 2.05) is 6.20 Å². The van der Waals surface area contributed by atoms with Crippen LogP contribution in [0.4, 0.5) is 0 Å². The molecular weight excluding hydrogens is 310 g/mol. The van der Waals surface area contributed by atoms with Crippen LogP contribution in [0.5, 0.6) is 0 Å². The van der Waals surface area contributed by atoms with Crippen LogP contribution in [0.1, 0.15) is 5.56 Å². The van der Waals surface area contributed by atoms with Crippen molar-refractivity contribution in [2.24, 2.45) is 0 Å². The van der Waals surface area contributed by atoms with Gasteiger partial charge in [-0.15, -0.1) is 0 Å². The number of ether oxygens (including phenoxy) is 1. The van der Waals surface area contributed by atoms with Crippen LogP contribution in [0.2, 0.25) is 0 Å². The second-order valence-electron chi connectivity index (χ2n) is 6.66. The third-order valence-corrected chi connectivity index (χ3v) is 5.16. The van der Waals surface area contributed by atoms with E-state index in [-0.39, 0.29) is 0 Å². The van der Waals surface area contributed by atoms with E-state index in [0.29, 0.717) is 0 Å². The van der Waals surface area contributed by atoms with Crippen LogP contribution >= 0.6 is 0 Å². The maximum Gasteiger partial charge on any atom is 0.0594 e. The molecule has 1 aliphatic rings. The van der Waals surface area contributed by atoms with Crippen LogP contribution in [0.15, 0.2) is 54.7 Å². The molecule has 0 aliphatic carbocycles. The molecule has 1 fully saturated rings. The molecule has 25 heavy (non-hydrogen) atoms. The summed E-state index contributed by atoms with van der Waals surface area (Å²) in [5.41, 5.74) is 6.25. The zero-order valence-electron chi connectivity index (χ0n) is 14.1. The molecule has 0 spiro atoms. The summed E-state index contributed by atoms with van der Waals surface area (Å²) in [5, 5.41) is 2.58. The van der Waals surface area contributed by atoms with Gasteiger partial charge in [0.15, 0.2) is 0 Å². The third-order valence-electron chi connectivity index (χ3n) is 5.16. The molecule has 0 amide bonds. The Kier molecular flexibility index (Phi) is 3.58. The van der Waals surface area contributed by atoms with Crippen molar-refractivity contribution in [2.45, 2.75) is 6.54 Å². The molecule has 4 nitrogen and oxygen atoms in total. The van der Waals surface area contributed by atoms with Gasteiger partial charge in [0, 0.05) is 53.2 Å². The molecular formula is C21H21N3O. The lowest BCUT2D eigenvalue weighted by Gasteiger charge is -2.27. The second-order valence-corrected chi connectivity index (χ2v) is 6.66. The number of hydrogen-bond acceptors (Lipinski definition) is 2. The normalized spacial score (nSPS) is 16.0. The highest BCUT2D eigenvalue weighted by molar-refractivity contribution is 5.99. The molecule has 4 aromatic rings. The molecule has 4 heteroatoms. The molecule has 126 valence electrons. The predicted molar refractivity (Wildman–Crippen MR) is 102 cm³/mol. The first-order valence-electron chi connectivity index (χ1n) is 8.86. The minimum Gasteiger partial charge on any atom is -0.379 e. The average molecular weight is 331 g/mol. The first-order chi connectivity index (χ1) is 12.4. The van der Waals surface area contributed by atoms with E-state index in [1.165, 1.54) is 38.6 Å². The summed E-state index contributed by atoms with van der Waals surface area (Å²) < 4.78 is 5.51. The summed E-state index contributed by atoms with van der Waals surface area (Å²) >= 11 is 0. The van der Waals surface area contributed by atoms with Crippen LogP contribution < -0.4 is 0 Å². The van der Waals surface area contributed by atoms with Crippen molar-refractivity contribution in [1.82, 2.24) is 14.9 Å². The van der Waals surface area contributed by atoms with Gasteiger partial charge in [-0.05, 0) is 23.8 Å².